The van der Waals surface area contributed by atoms with Gasteiger partial charge in [-0.2, -0.15) is 0 Å². The SMILES string of the molecule is CCC(CO)(CCCN(C)C(C)CC(C)C)NC(C)C. The van der Waals surface area contributed by atoms with E-state index in [1.807, 2.05) is 0 Å². The Hall–Kier alpha value is -0.120. The first-order valence-corrected chi connectivity index (χ1v) is 8.35. The van der Waals surface area contributed by atoms with Crippen LogP contribution >= 0.6 is 0 Å². The van der Waals surface area contributed by atoms with Crippen molar-refractivity contribution in [3.05, 3.63) is 0 Å². The van der Waals surface area contributed by atoms with Crippen LogP contribution in [0.3, 0.4) is 0 Å². The van der Waals surface area contributed by atoms with E-state index in [4.69, 9.17) is 0 Å². The van der Waals surface area contributed by atoms with Crippen LogP contribution in [0, 0.1) is 5.92 Å². The molecule has 20 heavy (non-hydrogen) atoms. The average Bonchev–Trinajstić information content (AvgIpc) is 2.35. The second-order valence-electron chi connectivity index (χ2n) is 7.15. The number of aliphatic hydroxyl groups excluding tert-OH is 1. The fraction of sp³-hybridized carbons (Fsp3) is 1.00. The Bertz CT molecular complexity index is 237. The second kappa shape index (κ2) is 9.75. The summed E-state index contributed by atoms with van der Waals surface area (Å²) in [6.07, 6.45) is 4.40. The highest BCUT2D eigenvalue weighted by molar-refractivity contribution is 4.87. The molecule has 0 saturated carbocycles. The predicted molar refractivity (Wildman–Crippen MR) is 89.2 cm³/mol. The minimum atomic E-state index is -0.101. The van der Waals surface area contributed by atoms with Crippen molar-refractivity contribution in [1.29, 1.82) is 0 Å². The van der Waals surface area contributed by atoms with Crippen LogP contribution < -0.4 is 5.32 Å². The Kier molecular flexibility index (Phi) is 9.69. The fourth-order valence-electron chi connectivity index (χ4n) is 2.95. The van der Waals surface area contributed by atoms with E-state index in [-0.39, 0.29) is 12.1 Å². The lowest BCUT2D eigenvalue weighted by molar-refractivity contribution is 0.128. The maximum absolute atomic E-state index is 9.74. The third-order valence-electron chi connectivity index (χ3n) is 4.31. The van der Waals surface area contributed by atoms with Gasteiger partial charge in [-0.3, -0.25) is 0 Å². The molecule has 0 aliphatic carbocycles. The van der Waals surface area contributed by atoms with Gasteiger partial charge in [0.2, 0.25) is 0 Å². The first-order chi connectivity index (χ1) is 9.26. The zero-order valence-electron chi connectivity index (χ0n) is 14.9. The van der Waals surface area contributed by atoms with Gasteiger partial charge in [-0.25, -0.2) is 0 Å². The molecule has 0 spiro atoms. The molecule has 0 aliphatic rings. The molecule has 0 aliphatic heterocycles. The van der Waals surface area contributed by atoms with Crippen molar-refractivity contribution in [1.82, 2.24) is 10.2 Å². The molecule has 3 heteroatoms. The quantitative estimate of drug-likeness (QED) is 0.612. The van der Waals surface area contributed by atoms with Crippen LogP contribution in [0.4, 0.5) is 0 Å². The monoisotopic (exact) mass is 286 g/mol. The van der Waals surface area contributed by atoms with Gasteiger partial charge in [-0.15, -0.1) is 0 Å². The molecule has 0 fully saturated rings. The summed E-state index contributed by atoms with van der Waals surface area (Å²) < 4.78 is 0. The first-order valence-electron chi connectivity index (χ1n) is 8.35. The topological polar surface area (TPSA) is 35.5 Å². The van der Waals surface area contributed by atoms with Crippen LogP contribution in [0.1, 0.15) is 67.2 Å². The molecule has 0 aromatic heterocycles. The largest absolute Gasteiger partial charge is 0.394 e. The molecule has 2 unspecified atom stereocenters. The van der Waals surface area contributed by atoms with Crippen LogP contribution in [-0.2, 0) is 0 Å². The average molecular weight is 287 g/mol. The number of nitrogens with zero attached hydrogens (tertiary/aromatic N) is 1. The summed E-state index contributed by atoms with van der Waals surface area (Å²) >= 11 is 0. The van der Waals surface area contributed by atoms with Crippen LogP contribution in [0.5, 0.6) is 0 Å². The Morgan fingerprint density at radius 1 is 1.15 bits per heavy atom. The molecule has 0 saturated heterocycles. The van der Waals surface area contributed by atoms with E-state index in [2.05, 4.69) is 58.8 Å². The fourth-order valence-corrected chi connectivity index (χ4v) is 2.95. The van der Waals surface area contributed by atoms with E-state index < -0.39 is 0 Å². The van der Waals surface area contributed by atoms with Gasteiger partial charge in [-0.1, -0.05) is 34.6 Å². The van der Waals surface area contributed by atoms with Crippen LogP contribution in [0.2, 0.25) is 0 Å². The van der Waals surface area contributed by atoms with E-state index in [0.717, 1.165) is 31.7 Å². The second-order valence-corrected chi connectivity index (χ2v) is 7.15. The Balaban J connectivity index is 4.23. The molecule has 0 heterocycles. The standard InChI is InChI=1S/C17H38N2O/c1-8-17(13-20,18-15(4)5)10-9-11-19(7)16(6)12-14(2)3/h14-16,18,20H,8-13H2,1-7H3. The van der Waals surface area contributed by atoms with Gasteiger partial charge in [-0.05, 0) is 52.1 Å². The van der Waals surface area contributed by atoms with Crippen molar-refractivity contribution in [3.63, 3.8) is 0 Å². The van der Waals surface area contributed by atoms with Gasteiger partial charge in [0.1, 0.15) is 0 Å². The molecule has 2 N–H and O–H groups in total. The van der Waals surface area contributed by atoms with Gasteiger partial charge in [0.15, 0.2) is 0 Å². The molecule has 0 radical (unpaired) electrons. The maximum atomic E-state index is 9.74. The molecule has 2 atom stereocenters. The number of nitrogens with one attached hydrogen (secondary N) is 1. The van der Waals surface area contributed by atoms with Crippen molar-refractivity contribution in [2.45, 2.75) is 84.8 Å². The van der Waals surface area contributed by atoms with Crippen LogP contribution in [-0.4, -0.2) is 47.8 Å². The van der Waals surface area contributed by atoms with Crippen molar-refractivity contribution >= 4 is 0 Å². The molecule has 3 nitrogen and oxygen atoms in total. The number of rotatable bonds is 11. The van der Waals surface area contributed by atoms with Crippen LogP contribution in [0.25, 0.3) is 0 Å². The van der Waals surface area contributed by atoms with E-state index in [1.54, 1.807) is 0 Å². The molecule has 0 amide bonds. The first kappa shape index (κ1) is 19.9. The predicted octanol–water partition coefficient (Wildman–Crippen LogP) is 3.27. The van der Waals surface area contributed by atoms with Gasteiger partial charge in [0.25, 0.3) is 0 Å². The van der Waals surface area contributed by atoms with Gasteiger partial charge in [0, 0.05) is 17.6 Å². The van der Waals surface area contributed by atoms with Crippen molar-refractivity contribution in [2.75, 3.05) is 20.2 Å². The minimum absolute atomic E-state index is 0.101. The lowest BCUT2D eigenvalue weighted by atomic mass is 9.90. The Labute approximate surface area is 127 Å². The van der Waals surface area contributed by atoms with Crippen LogP contribution in [0.15, 0.2) is 0 Å². The zero-order valence-corrected chi connectivity index (χ0v) is 14.9. The summed E-state index contributed by atoms with van der Waals surface area (Å²) in [6.45, 7) is 14.7. The normalized spacial score (nSPS) is 16.9. The number of hydrogen-bond acceptors (Lipinski definition) is 3. The molecular weight excluding hydrogens is 248 g/mol. The van der Waals surface area contributed by atoms with E-state index in [0.29, 0.717) is 12.1 Å². The smallest absolute Gasteiger partial charge is 0.0613 e. The summed E-state index contributed by atoms with van der Waals surface area (Å²) in [7, 11) is 2.22. The molecular formula is C17H38N2O. The summed E-state index contributed by atoms with van der Waals surface area (Å²) in [5, 5.41) is 13.3. The van der Waals surface area contributed by atoms with Crippen molar-refractivity contribution in [3.8, 4) is 0 Å². The van der Waals surface area contributed by atoms with Crippen molar-refractivity contribution in [2.24, 2.45) is 5.92 Å². The Morgan fingerprint density at radius 2 is 1.75 bits per heavy atom. The van der Waals surface area contributed by atoms with Crippen molar-refractivity contribution < 1.29 is 5.11 Å². The maximum Gasteiger partial charge on any atom is 0.0613 e. The zero-order chi connectivity index (χ0) is 15.8. The van der Waals surface area contributed by atoms with E-state index >= 15 is 0 Å². The third-order valence-corrected chi connectivity index (χ3v) is 4.31. The Morgan fingerprint density at radius 3 is 2.15 bits per heavy atom. The summed E-state index contributed by atoms with van der Waals surface area (Å²) in [5.74, 6) is 0.752. The number of aliphatic hydroxyl groups is 1. The molecule has 0 bridgehead atoms. The van der Waals surface area contributed by atoms with Gasteiger partial charge < -0.3 is 15.3 Å². The van der Waals surface area contributed by atoms with Gasteiger partial charge >= 0.3 is 0 Å². The molecule has 0 rings (SSSR count). The molecule has 0 aromatic carbocycles. The highest BCUT2D eigenvalue weighted by Gasteiger charge is 2.27. The molecule has 122 valence electrons. The summed E-state index contributed by atoms with van der Waals surface area (Å²) in [5.41, 5.74) is -0.101. The lowest BCUT2D eigenvalue weighted by Crippen LogP contribution is -2.51. The van der Waals surface area contributed by atoms with E-state index in [9.17, 15) is 5.11 Å². The van der Waals surface area contributed by atoms with E-state index in [1.165, 1.54) is 6.42 Å². The summed E-state index contributed by atoms with van der Waals surface area (Å²) in [6, 6.07) is 1.05. The number of hydrogen-bond donors (Lipinski definition) is 2. The minimum Gasteiger partial charge on any atom is -0.394 e. The van der Waals surface area contributed by atoms with Gasteiger partial charge in [0.05, 0.1) is 6.61 Å². The highest BCUT2D eigenvalue weighted by atomic mass is 16.3. The lowest BCUT2D eigenvalue weighted by Gasteiger charge is -2.35. The summed E-state index contributed by atoms with van der Waals surface area (Å²) in [4.78, 5) is 2.45. The third kappa shape index (κ3) is 7.61. The highest BCUT2D eigenvalue weighted by Crippen LogP contribution is 2.19. The molecule has 0 aromatic rings.